The minimum Gasteiger partial charge on any atom is -0.404 e. The van der Waals surface area contributed by atoms with Crippen LogP contribution in [0.2, 0.25) is 0 Å². The van der Waals surface area contributed by atoms with E-state index in [9.17, 15) is 18.3 Å². The first-order valence-corrected chi connectivity index (χ1v) is 6.25. The van der Waals surface area contributed by atoms with Gasteiger partial charge in [0.2, 0.25) is 0 Å². The zero-order valence-corrected chi connectivity index (χ0v) is 10.3. The summed E-state index contributed by atoms with van der Waals surface area (Å²) in [6, 6.07) is 5.64. The van der Waals surface area contributed by atoms with E-state index < -0.39 is 12.5 Å². The average Bonchev–Trinajstić information content (AvgIpc) is 2.33. The van der Waals surface area contributed by atoms with Crippen LogP contribution < -0.4 is 10.1 Å². The number of benzene rings is 1. The Labute approximate surface area is 109 Å². The molecule has 1 saturated carbocycles. The van der Waals surface area contributed by atoms with Gasteiger partial charge in [-0.15, -0.1) is 13.2 Å². The number of rotatable bonds is 3. The Bertz CT molecular complexity index is 423. The Kier molecular flexibility index (Phi) is 4.19. The zero-order chi connectivity index (χ0) is 13.9. The summed E-state index contributed by atoms with van der Waals surface area (Å²) < 4.78 is 40.8. The van der Waals surface area contributed by atoms with Crippen LogP contribution in [0.1, 0.15) is 25.7 Å². The van der Waals surface area contributed by atoms with Gasteiger partial charge in [0.1, 0.15) is 0 Å². The van der Waals surface area contributed by atoms with Crippen molar-refractivity contribution >= 4 is 5.69 Å². The van der Waals surface area contributed by atoms with Gasteiger partial charge in [-0.25, -0.2) is 0 Å². The third-order valence-corrected chi connectivity index (χ3v) is 3.18. The van der Waals surface area contributed by atoms with E-state index in [1.807, 2.05) is 0 Å². The molecular weight excluding hydrogens is 259 g/mol. The molecule has 0 aliphatic heterocycles. The number of anilines is 1. The number of alkyl halides is 3. The molecule has 0 aromatic heterocycles. The predicted octanol–water partition coefficient (Wildman–Crippen LogP) is 3.30. The molecule has 1 aliphatic carbocycles. The average molecular weight is 275 g/mol. The normalized spacial score (nSPS) is 24.0. The summed E-state index contributed by atoms with van der Waals surface area (Å²) in [5, 5.41) is 12.8. The summed E-state index contributed by atoms with van der Waals surface area (Å²) in [6.07, 6.45) is -1.95. The largest absolute Gasteiger partial charge is 0.573 e. The molecule has 0 heterocycles. The number of aliphatic hydroxyl groups excluding tert-OH is 1. The van der Waals surface area contributed by atoms with Crippen LogP contribution in [0.3, 0.4) is 0 Å². The van der Waals surface area contributed by atoms with E-state index >= 15 is 0 Å². The molecular formula is C13H16F3NO2. The van der Waals surface area contributed by atoms with Crippen LogP contribution in [0.4, 0.5) is 18.9 Å². The summed E-state index contributed by atoms with van der Waals surface area (Å²) in [5.74, 6) is -0.271. The SMILES string of the molecule is OC1CCCCC1Nc1ccccc1OC(F)(F)F. The number of hydrogen-bond acceptors (Lipinski definition) is 3. The molecule has 19 heavy (non-hydrogen) atoms. The quantitative estimate of drug-likeness (QED) is 0.889. The minimum atomic E-state index is -4.72. The van der Waals surface area contributed by atoms with E-state index in [1.165, 1.54) is 18.2 Å². The molecule has 0 bridgehead atoms. The first-order chi connectivity index (χ1) is 8.96. The van der Waals surface area contributed by atoms with Crippen molar-refractivity contribution in [3.05, 3.63) is 24.3 Å². The van der Waals surface area contributed by atoms with Gasteiger partial charge in [0.25, 0.3) is 0 Å². The highest BCUT2D eigenvalue weighted by molar-refractivity contribution is 5.57. The number of ether oxygens (including phenoxy) is 1. The van der Waals surface area contributed by atoms with Crippen molar-refractivity contribution in [2.75, 3.05) is 5.32 Å². The summed E-state index contributed by atoms with van der Waals surface area (Å²) >= 11 is 0. The monoisotopic (exact) mass is 275 g/mol. The molecule has 2 unspecified atom stereocenters. The molecule has 2 atom stereocenters. The molecule has 0 saturated heterocycles. The highest BCUT2D eigenvalue weighted by atomic mass is 19.4. The van der Waals surface area contributed by atoms with Gasteiger partial charge in [0.05, 0.1) is 17.8 Å². The van der Waals surface area contributed by atoms with Crippen molar-refractivity contribution < 1.29 is 23.0 Å². The van der Waals surface area contributed by atoms with E-state index in [0.717, 1.165) is 19.3 Å². The summed E-state index contributed by atoms with van der Waals surface area (Å²) in [7, 11) is 0. The molecule has 2 rings (SSSR count). The standard InChI is InChI=1S/C13H16F3NO2/c14-13(15,16)19-12-8-4-2-6-10(12)17-9-5-1-3-7-11(9)18/h2,4,6,8-9,11,17-18H,1,3,5,7H2. The van der Waals surface area contributed by atoms with Crippen molar-refractivity contribution in [2.45, 2.75) is 44.2 Å². The molecule has 0 radical (unpaired) electrons. The van der Waals surface area contributed by atoms with E-state index in [1.54, 1.807) is 6.07 Å². The van der Waals surface area contributed by atoms with Gasteiger partial charge in [0.15, 0.2) is 5.75 Å². The molecule has 1 aromatic carbocycles. The first-order valence-electron chi connectivity index (χ1n) is 6.25. The van der Waals surface area contributed by atoms with Crippen LogP contribution >= 0.6 is 0 Å². The maximum absolute atomic E-state index is 12.3. The summed E-state index contributed by atoms with van der Waals surface area (Å²) in [4.78, 5) is 0. The maximum Gasteiger partial charge on any atom is 0.573 e. The van der Waals surface area contributed by atoms with Gasteiger partial charge in [-0.3, -0.25) is 0 Å². The van der Waals surface area contributed by atoms with Crippen molar-refractivity contribution in [1.29, 1.82) is 0 Å². The zero-order valence-electron chi connectivity index (χ0n) is 10.3. The smallest absolute Gasteiger partial charge is 0.404 e. The second kappa shape index (κ2) is 5.69. The minimum absolute atomic E-state index is 0.230. The van der Waals surface area contributed by atoms with Crippen molar-refractivity contribution in [1.82, 2.24) is 0 Å². The summed E-state index contributed by atoms with van der Waals surface area (Å²) in [5.41, 5.74) is 0.255. The lowest BCUT2D eigenvalue weighted by Crippen LogP contribution is -2.36. The number of hydrogen-bond donors (Lipinski definition) is 2. The van der Waals surface area contributed by atoms with Gasteiger partial charge in [-0.1, -0.05) is 25.0 Å². The lowest BCUT2D eigenvalue weighted by Gasteiger charge is -2.29. The third-order valence-electron chi connectivity index (χ3n) is 3.18. The summed E-state index contributed by atoms with van der Waals surface area (Å²) in [6.45, 7) is 0. The van der Waals surface area contributed by atoms with Crippen LogP contribution in [-0.4, -0.2) is 23.6 Å². The lowest BCUT2D eigenvalue weighted by atomic mass is 9.92. The molecule has 3 nitrogen and oxygen atoms in total. The van der Waals surface area contributed by atoms with E-state index in [-0.39, 0.29) is 17.5 Å². The number of aliphatic hydroxyl groups is 1. The fraction of sp³-hybridized carbons (Fsp3) is 0.538. The fourth-order valence-corrected chi connectivity index (χ4v) is 2.28. The van der Waals surface area contributed by atoms with Crippen LogP contribution in [0, 0.1) is 0 Å². The van der Waals surface area contributed by atoms with Gasteiger partial charge in [0, 0.05) is 0 Å². The van der Waals surface area contributed by atoms with Crippen LogP contribution in [0.5, 0.6) is 5.75 Å². The number of nitrogens with one attached hydrogen (secondary N) is 1. The highest BCUT2D eigenvalue weighted by Crippen LogP contribution is 2.32. The molecule has 1 aliphatic rings. The predicted molar refractivity (Wildman–Crippen MR) is 65.0 cm³/mol. The van der Waals surface area contributed by atoms with Crippen LogP contribution in [0.15, 0.2) is 24.3 Å². The molecule has 1 fully saturated rings. The fourth-order valence-electron chi connectivity index (χ4n) is 2.28. The van der Waals surface area contributed by atoms with Gasteiger partial charge < -0.3 is 15.2 Å². The second-order valence-electron chi connectivity index (χ2n) is 4.65. The Balaban J connectivity index is 2.11. The Hall–Kier alpha value is -1.43. The van der Waals surface area contributed by atoms with Crippen LogP contribution in [-0.2, 0) is 0 Å². The van der Waals surface area contributed by atoms with E-state index in [2.05, 4.69) is 10.1 Å². The van der Waals surface area contributed by atoms with Crippen molar-refractivity contribution in [2.24, 2.45) is 0 Å². The Morgan fingerprint density at radius 2 is 1.84 bits per heavy atom. The molecule has 0 amide bonds. The maximum atomic E-state index is 12.3. The highest BCUT2D eigenvalue weighted by Gasteiger charge is 2.32. The van der Waals surface area contributed by atoms with Gasteiger partial charge in [-0.2, -0.15) is 0 Å². The topological polar surface area (TPSA) is 41.5 Å². The first kappa shape index (κ1) is 14.0. The molecule has 2 N–H and O–H groups in total. The molecule has 106 valence electrons. The number of halogens is 3. The lowest BCUT2D eigenvalue weighted by molar-refractivity contribution is -0.274. The van der Waals surface area contributed by atoms with E-state index in [4.69, 9.17) is 0 Å². The Morgan fingerprint density at radius 3 is 2.53 bits per heavy atom. The van der Waals surface area contributed by atoms with E-state index in [0.29, 0.717) is 6.42 Å². The number of para-hydroxylation sites is 2. The van der Waals surface area contributed by atoms with Crippen LogP contribution in [0.25, 0.3) is 0 Å². The van der Waals surface area contributed by atoms with Gasteiger partial charge in [-0.05, 0) is 25.0 Å². The molecule has 0 spiro atoms. The van der Waals surface area contributed by atoms with Crippen molar-refractivity contribution in [3.8, 4) is 5.75 Å². The van der Waals surface area contributed by atoms with Crippen molar-refractivity contribution in [3.63, 3.8) is 0 Å². The Morgan fingerprint density at radius 1 is 1.16 bits per heavy atom. The second-order valence-corrected chi connectivity index (χ2v) is 4.65. The van der Waals surface area contributed by atoms with Gasteiger partial charge >= 0.3 is 6.36 Å². The molecule has 6 heteroatoms. The molecule has 1 aromatic rings. The third kappa shape index (κ3) is 4.02.